The first-order valence-corrected chi connectivity index (χ1v) is 13.2. The lowest BCUT2D eigenvalue weighted by molar-refractivity contribution is -0.121. The third kappa shape index (κ3) is 8.41. The molecule has 0 spiro atoms. The molecule has 0 aliphatic heterocycles. The second-order valence-electron chi connectivity index (χ2n) is 8.47. The summed E-state index contributed by atoms with van der Waals surface area (Å²) in [6, 6.07) is 10.6. The van der Waals surface area contributed by atoms with Crippen molar-refractivity contribution in [1.29, 1.82) is 0 Å². The van der Waals surface area contributed by atoms with Gasteiger partial charge < -0.3 is 10.6 Å². The zero-order valence-corrected chi connectivity index (χ0v) is 21.3. The van der Waals surface area contributed by atoms with E-state index in [1.54, 1.807) is 24.3 Å². The van der Waals surface area contributed by atoms with Crippen LogP contribution in [0, 0.1) is 11.7 Å². The van der Waals surface area contributed by atoms with E-state index >= 15 is 0 Å². The topological polar surface area (TPSA) is 104 Å². The average Bonchev–Trinajstić information content (AvgIpc) is 2.76. The van der Waals surface area contributed by atoms with Gasteiger partial charge in [-0.3, -0.25) is 9.59 Å². The number of rotatable bonds is 12. The maximum absolute atomic E-state index is 14.8. The van der Waals surface area contributed by atoms with Gasteiger partial charge in [0.25, 0.3) is 10.0 Å². The van der Waals surface area contributed by atoms with E-state index in [2.05, 4.69) is 37.1 Å². The molecule has 0 saturated heterocycles. The summed E-state index contributed by atoms with van der Waals surface area (Å²) < 4.78 is 41.7. The first-order chi connectivity index (χ1) is 16.0. The molecule has 0 radical (unpaired) electrons. The number of nitrogens with one attached hydrogen (secondary N) is 3. The standard InChI is InChI=1S/C24H32FN3O4S2/c1-16(2)12-20(15-33)27-24(30)10-11-26-14-19-9-8-18(13-22(19)25)21-6-4-5-7-23(21)34(31,32)28-17(3)29/h4-9,13,16,20,26,33H,10-12,14-15H2,1-3H3,(H,27,30)(H,28,29)/t20-/m1/s1. The zero-order valence-electron chi connectivity index (χ0n) is 19.6. The Balaban J connectivity index is 2.01. The molecule has 0 aliphatic carbocycles. The first kappa shape index (κ1) is 27.8. The molecule has 0 bridgehead atoms. The fraction of sp³-hybridized carbons (Fsp3) is 0.417. The first-order valence-electron chi connectivity index (χ1n) is 11.1. The van der Waals surface area contributed by atoms with E-state index in [0.29, 0.717) is 29.3 Å². The van der Waals surface area contributed by atoms with Crippen molar-refractivity contribution in [1.82, 2.24) is 15.4 Å². The number of amides is 2. The van der Waals surface area contributed by atoms with Gasteiger partial charge in [-0.1, -0.05) is 44.2 Å². The van der Waals surface area contributed by atoms with Crippen LogP contribution < -0.4 is 15.4 Å². The summed E-state index contributed by atoms with van der Waals surface area (Å²) >= 11 is 4.28. The highest BCUT2D eigenvalue weighted by molar-refractivity contribution is 7.90. The highest BCUT2D eigenvalue weighted by Gasteiger charge is 2.20. The molecule has 0 heterocycles. The minimum absolute atomic E-state index is 0.0261. The Hall–Kier alpha value is -2.43. The van der Waals surface area contributed by atoms with Crippen molar-refractivity contribution >= 4 is 34.5 Å². The summed E-state index contributed by atoms with van der Waals surface area (Å²) in [5, 5.41) is 6.02. The maximum Gasteiger partial charge on any atom is 0.264 e. The number of benzene rings is 2. The Labute approximate surface area is 206 Å². The summed E-state index contributed by atoms with van der Waals surface area (Å²) in [4.78, 5) is 23.3. The third-order valence-corrected chi connectivity index (χ3v) is 6.94. The molecule has 0 unspecified atom stereocenters. The number of sulfonamides is 1. The lowest BCUT2D eigenvalue weighted by atomic mass is 10.0. The maximum atomic E-state index is 14.8. The number of carbonyl (C=O) groups is 2. The largest absolute Gasteiger partial charge is 0.353 e. The minimum atomic E-state index is -4.08. The van der Waals surface area contributed by atoms with Crippen molar-refractivity contribution in [3.63, 3.8) is 0 Å². The SMILES string of the molecule is CC(=O)NS(=O)(=O)c1ccccc1-c1ccc(CNCCC(=O)N[C@@H](CS)CC(C)C)c(F)c1. The van der Waals surface area contributed by atoms with Gasteiger partial charge >= 0.3 is 0 Å². The molecule has 34 heavy (non-hydrogen) atoms. The normalized spacial score (nSPS) is 12.4. The van der Waals surface area contributed by atoms with Gasteiger partial charge in [0.05, 0.1) is 4.90 Å². The summed E-state index contributed by atoms with van der Waals surface area (Å²) in [7, 11) is -4.08. The van der Waals surface area contributed by atoms with Gasteiger partial charge in [0.2, 0.25) is 11.8 Å². The Morgan fingerprint density at radius 3 is 2.44 bits per heavy atom. The summed E-state index contributed by atoms with van der Waals surface area (Å²) in [6.45, 7) is 5.88. The second-order valence-corrected chi connectivity index (χ2v) is 10.5. The van der Waals surface area contributed by atoms with Gasteiger partial charge in [-0.15, -0.1) is 0 Å². The Bertz CT molecular complexity index is 1110. The molecule has 2 rings (SSSR count). The van der Waals surface area contributed by atoms with E-state index in [4.69, 9.17) is 0 Å². The van der Waals surface area contributed by atoms with Crippen LogP contribution in [0.25, 0.3) is 11.1 Å². The van der Waals surface area contributed by atoms with Crippen LogP contribution >= 0.6 is 12.6 Å². The smallest absolute Gasteiger partial charge is 0.264 e. The average molecular weight is 510 g/mol. The summed E-state index contributed by atoms with van der Waals surface area (Å²) in [5.74, 6) is -0.270. The fourth-order valence-corrected chi connectivity index (χ4v) is 4.98. The molecule has 10 heteroatoms. The van der Waals surface area contributed by atoms with Crippen molar-refractivity contribution in [3.8, 4) is 11.1 Å². The lowest BCUT2D eigenvalue weighted by Crippen LogP contribution is -2.38. The van der Waals surface area contributed by atoms with Gasteiger partial charge in [0.15, 0.2) is 0 Å². The van der Waals surface area contributed by atoms with E-state index in [0.717, 1.165) is 13.3 Å². The van der Waals surface area contributed by atoms with Crippen LogP contribution in [0.1, 0.15) is 39.2 Å². The molecule has 186 valence electrons. The van der Waals surface area contributed by atoms with Crippen LogP contribution in [0.2, 0.25) is 0 Å². The summed E-state index contributed by atoms with van der Waals surface area (Å²) in [5.41, 5.74) is 1.04. The van der Waals surface area contributed by atoms with Gasteiger partial charge in [-0.2, -0.15) is 12.6 Å². The number of hydrogen-bond donors (Lipinski definition) is 4. The molecule has 0 aliphatic rings. The molecular weight excluding hydrogens is 477 g/mol. The highest BCUT2D eigenvalue weighted by Crippen LogP contribution is 2.28. The molecule has 3 N–H and O–H groups in total. The third-order valence-electron chi connectivity index (χ3n) is 5.00. The Morgan fingerprint density at radius 2 is 1.82 bits per heavy atom. The van der Waals surface area contributed by atoms with Gasteiger partial charge in [-0.05, 0) is 30.0 Å². The van der Waals surface area contributed by atoms with Crippen LogP contribution in [0.15, 0.2) is 47.4 Å². The van der Waals surface area contributed by atoms with E-state index in [-0.39, 0.29) is 35.4 Å². The molecular formula is C24H32FN3O4S2. The molecule has 2 aromatic carbocycles. The van der Waals surface area contributed by atoms with Crippen LogP contribution in [-0.4, -0.2) is 38.6 Å². The van der Waals surface area contributed by atoms with Crippen LogP contribution in [0.4, 0.5) is 4.39 Å². The molecule has 2 amide bonds. The molecule has 0 aromatic heterocycles. The highest BCUT2D eigenvalue weighted by atomic mass is 32.2. The van der Waals surface area contributed by atoms with E-state index in [9.17, 15) is 22.4 Å². The summed E-state index contributed by atoms with van der Waals surface area (Å²) in [6.07, 6.45) is 1.12. The van der Waals surface area contributed by atoms with E-state index < -0.39 is 21.7 Å². The van der Waals surface area contributed by atoms with E-state index in [1.807, 2.05) is 4.72 Å². The second kappa shape index (κ2) is 12.9. The predicted molar refractivity (Wildman–Crippen MR) is 134 cm³/mol. The van der Waals surface area contributed by atoms with Crippen LogP contribution in [0.5, 0.6) is 0 Å². The number of halogens is 1. The molecule has 1 atom stereocenters. The molecule has 7 nitrogen and oxygen atoms in total. The fourth-order valence-electron chi connectivity index (χ4n) is 3.51. The number of hydrogen-bond acceptors (Lipinski definition) is 6. The number of thiol groups is 1. The van der Waals surface area contributed by atoms with E-state index in [1.165, 1.54) is 18.2 Å². The zero-order chi connectivity index (χ0) is 25.3. The Morgan fingerprint density at radius 1 is 1.12 bits per heavy atom. The molecule has 0 saturated carbocycles. The molecule has 2 aromatic rings. The Kier molecular flexibility index (Phi) is 10.5. The quantitative estimate of drug-likeness (QED) is 0.260. The van der Waals surface area contributed by atoms with Crippen molar-refractivity contribution in [3.05, 3.63) is 53.8 Å². The van der Waals surface area contributed by atoms with Crippen LogP contribution in [-0.2, 0) is 26.2 Å². The van der Waals surface area contributed by atoms with Crippen molar-refractivity contribution in [2.45, 2.75) is 51.1 Å². The molecule has 0 fully saturated rings. The van der Waals surface area contributed by atoms with Gasteiger partial charge in [0, 0.05) is 49.4 Å². The van der Waals surface area contributed by atoms with Crippen molar-refractivity contribution < 1.29 is 22.4 Å². The van der Waals surface area contributed by atoms with Gasteiger partial charge in [-0.25, -0.2) is 17.5 Å². The predicted octanol–water partition coefficient (Wildman–Crippen LogP) is 3.26. The van der Waals surface area contributed by atoms with Gasteiger partial charge in [0.1, 0.15) is 5.82 Å². The van der Waals surface area contributed by atoms with Crippen LogP contribution in [0.3, 0.4) is 0 Å². The van der Waals surface area contributed by atoms with Crippen molar-refractivity contribution in [2.24, 2.45) is 5.92 Å². The minimum Gasteiger partial charge on any atom is -0.353 e. The number of carbonyl (C=O) groups excluding carboxylic acids is 2. The monoisotopic (exact) mass is 509 g/mol. The van der Waals surface area contributed by atoms with Crippen molar-refractivity contribution in [2.75, 3.05) is 12.3 Å². The lowest BCUT2D eigenvalue weighted by Gasteiger charge is -2.18.